The molecule has 6 nitrogen and oxygen atoms in total. The Morgan fingerprint density at radius 3 is 2.44 bits per heavy atom. The Bertz CT molecular complexity index is 780. The van der Waals surface area contributed by atoms with Crippen molar-refractivity contribution in [3.63, 3.8) is 0 Å². The van der Waals surface area contributed by atoms with Crippen LogP contribution in [0.25, 0.3) is 0 Å². The summed E-state index contributed by atoms with van der Waals surface area (Å²) in [6.07, 6.45) is 0.639. The van der Waals surface area contributed by atoms with Crippen LogP contribution in [0.3, 0.4) is 0 Å². The van der Waals surface area contributed by atoms with Crippen molar-refractivity contribution in [3.8, 4) is 0 Å². The summed E-state index contributed by atoms with van der Waals surface area (Å²) in [4.78, 5) is 32.6. The molecule has 0 spiro atoms. The first-order chi connectivity index (χ1) is 12.1. The SMILES string of the molecule is NCc1nc(C(=O)N2CCCN(C(=O)c3ccccc3F)CC2)cs1. The monoisotopic (exact) mass is 362 g/mol. The molecule has 1 fully saturated rings. The number of halogens is 1. The molecule has 2 amide bonds. The van der Waals surface area contributed by atoms with Gasteiger partial charge in [-0.2, -0.15) is 0 Å². The number of hydrogen-bond acceptors (Lipinski definition) is 5. The van der Waals surface area contributed by atoms with Crippen LogP contribution in [0.5, 0.6) is 0 Å². The fraction of sp³-hybridized carbons (Fsp3) is 0.353. The molecule has 3 rings (SSSR count). The summed E-state index contributed by atoms with van der Waals surface area (Å²) >= 11 is 1.36. The Morgan fingerprint density at radius 2 is 1.80 bits per heavy atom. The van der Waals surface area contributed by atoms with Gasteiger partial charge in [-0.05, 0) is 18.6 Å². The minimum atomic E-state index is -0.526. The number of rotatable bonds is 3. The van der Waals surface area contributed by atoms with E-state index in [0.29, 0.717) is 44.8 Å². The van der Waals surface area contributed by atoms with E-state index in [1.54, 1.807) is 27.3 Å². The normalized spacial score (nSPS) is 15.1. The van der Waals surface area contributed by atoms with Crippen molar-refractivity contribution in [2.45, 2.75) is 13.0 Å². The first kappa shape index (κ1) is 17.5. The maximum absolute atomic E-state index is 13.8. The predicted octanol–water partition coefficient (Wildman–Crippen LogP) is 1.73. The molecule has 1 aromatic heterocycles. The van der Waals surface area contributed by atoms with Gasteiger partial charge in [0.2, 0.25) is 0 Å². The lowest BCUT2D eigenvalue weighted by Crippen LogP contribution is -2.37. The number of aromatic nitrogens is 1. The summed E-state index contributed by atoms with van der Waals surface area (Å²) in [5, 5.41) is 2.42. The van der Waals surface area contributed by atoms with E-state index in [9.17, 15) is 14.0 Å². The molecule has 1 aliphatic rings. The molecule has 0 saturated carbocycles. The van der Waals surface area contributed by atoms with Crippen molar-refractivity contribution >= 4 is 23.2 Å². The number of amides is 2. The second-order valence-electron chi connectivity index (χ2n) is 5.75. The molecule has 0 bridgehead atoms. The number of carbonyl (C=O) groups is 2. The molecule has 1 saturated heterocycles. The van der Waals surface area contributed by atoms with E-state index in [1.165, 1.54) is 23.5 Å². The number of benzene rings is 1. The molecule has 8 heteroatoms. The van der Waals surface area contributed by atoms with Crippen molar-refractivity contribution in [1.29, 1.82) is 0 Å². The quantitative estimate of drug-likeness (QED) is 0.902. The summed E-state index contributed by atoms with van der Waals surface area (Å²) < 4.78 is 13.8. The highest BCUT2D eigenvalue weighted by atomic mass is 32.1. The van der Waals surface area contributed by atoms with Crippen LogP contribution in [0.15, 0.2) is 29.6 Å². The smallest absolute Gasteiger partial charge is 0.273 e. The Kier molecular flexibility index (Phi) is 5.40. The topological polar surface area (TPSA) is 79.5 Å². The lowest BCUT2D eigenvalue weighted by molar-refractivity contribution is 0.0713. The van der Waals surface area contributed by atoms with Gasteiger partial charge in [0.25, 0.3) is 11.8 Å². The van der Waals surface area contributed by atoms with E-state index in [-0.39, 0.29) is 17.4 Å². The average Bonchev–Trinajstić information content (AvgIpc) is 2.98. The van der Waals surface area contributed by atoms with Gasteiger partial charge in [-0.15, -0.1) is 11.3 Å². The molecule has 2 N–H and O–H groups in total. The van der Waals surface area contributed by atoms with Crippen LogP contribution in [-0.4, -0.2) is 52.8 Å². The molecule has 25 heavy (non-hydrogen) atoms. The maximum atomic E-state index is 13.8. The van der Waals surface area contributed by atoms with Crippen molar-refractivity contribution in [2.75, 3.05) is 26.2 Å². The zero-order chi connectivity index (χ0) is 17.8. The average molecular weight is 362 g/mol. The second-order valence-corrected chi connectivity index (χ2v) is 6.69. The van der Waals surface area contributed by atoms with Crippen molar-refractivity contribution in [3.05, 3.63) is 51.7 Å². The van der Waals surface area contributed by atoms with Gasteiger partial charge in [-0.3, -0.25) is 9.59 Å². The van der Waals surface area contributed by atoms with Crippen LogP contribution in [0.1, 0.15) is 32.3 Å². The molecular formula is C17H19FN4O2S. The Morgan fingerprint density at radius 1 is 1.12 bits per heavy atom. The molecule has 0 unspecified atom stereocenters. The number of thiazole rings is 1. The van der Waals surface area contributed by atoms with Gasteiger partial charge in [0.05, 0.1) is 5.56 Å². The van der Waals surface area contributed by atoms with Gasteiger partial charge in [-0.1, -0.05) is 12.1 Å². The molecule has 1 aliphatic heterocycles. The van der Waals surface area contributed by atoms with Crippen LogP contribution in [0.2, 0.25) is 0 Å². The first-order valence-electron chi connectivity index (χ1n) is 8.07. The Balaban J connectivity index is 1.67. The molecule has 2 heterocycles. The van der Waals surface area contributed by atoms with Crippen molar-refractivity contribution in [2.24, 2.45) is 5.73 Å². The van der Waals surface area contributed by atoms with Gasteiger partial charge < -0.3 is 15.5 Å². The van der Waals surface area contributed by atoms with E-state index in [1.807, 2.05) is 0 Å². The molecular weight excluding hydrogens is 343 g/mol. The Hall–Kier alpha value is -2.32. The lowest BCUT2D eigenvalue weighted by atomic mass is 10.2. The summed E-state index contributed by atoms with van der Waals surface area (Å²) in [6.45, 7) is 2.10. The zero-order valence-corrected chi connectivity index (χ0v) is 14.5. The van der Waals surface area contributed by atoms with E-state index in [2.05, 4.69) is 4.98 Å². The highest BCUT2D eigenvalue weighted by molar-refractivity contribution is 7.09. The van der Waals surface area contributed by atoms with Crippen molar-refractivity contribution < 1.29 is 14.0 Å². The summed E-state index contributed by atoms with van der Waals surface area (Å²) in [5.74, 6) is -1.02. The minimum Gasteiger partial charge on any atom is -0.337 e. The van der Waals surface area contributed by atoms with Gasteiger partial charge in [0.15, 0.2) is 0 Å². The van der Waals surface area contributed by atoms with E-state index >= 15 is 0 Å². The van der Waals surface area contributed by atoms with Gasteiger partial charge in [-0.25, -0.2) is 9.37 Å². The highest BCUT2D eigenvalue weighted by Gasteiger charge is 2.25. The third-order valence-corrected chi connectivity index (χ3v) is 4.99. The number of hydrogen-bond donors (Lipinski definition) is 1. The minimum absolute atomic E-state index is 0.0642. The first-order valence-corrected chi connectivity index (χ1v) is 8.95. The number of carbonyl (C=O) groups excluding carboxylic acids is 2. The fourth-order valence-corrected chi connectivity index (χ4v) is 3.44. The van der Waals surface area contributed by atoms with Crippen molar-refractivity contribution in [1.82, 2.24) is 14.8 Å². The van der Waals surface area contributed by atoms with Crippen LogP contribution in [0.4, 0.5) is 4.39 Å². The Labute approximate surface area is 149 Å². The van der Waals surface area contributed by atoms with Crippen LogP contribution >= 0.6 is 11.3 Å². The third kappa shape index (κ3) is 3.85. The fourth-order valence-electron chi connectivity index (χ4n) is 2.79. The molecule has 0 atom stereocenters. The highest BCUT2D eigenvalue weighted by Crippen LogP contribution is 2.15. The largest absolute Gasteiger partial charge is 0.337 e. The van der Waals surface area contributed by atoms with E-state index < -0.39 is 5.82 Å². The van der Waals surface area contributed by atoms with Gasteiger partial charge in [0.1, 0.15) is 16.5 Å². The maximum Gasteiger partial charge on any atom is 0.273 e. The van der Waals surface area contributed by atoms with Gasteiger partial charge in [0, 0.05) is 38.1 Å². The predicted molar refractivity (Wildman–Crippen MR) is 92.8 cm³/mol. The molecule has 2 aromatic rings. The zero-order valence-electron chi connectivity index (χ0n) is 13.7. The molecule has 132 valence electrons. The van der Waals surface area contributed by atoms with Gasteiger partial charge >= 0.3 is 0 Å². The molecule has 0 radical (unpaired) electrons. The second kappa shape index (κ2) is 7.71. The number of nitrogens with zero attached hydrogens (tertiary/aromatic N) is 3. The molecule has 1 aromatic carbocycles. The third-order valence-electron chi connectivity index (χ3n) is 4.12. The lowest BCUT2D eigenvalue weighted by Gasteiger charge is -2.22. The number of nitrogens with two attached hydrogens (primary N) is 1. The van der Waals surface area contributed by atoms with Crippen LogP contribution < -0.4 is 5.73 Å². The summed E-state index contributed by atoms with van der Waals surface area (Å²) in [6, 6.07) is 5.95. The molecule has 0 aliphatic carbocycles. The van der Waals surface area contributed by atoms with Crippen LogP contribution in [-0.2, 0) is 6.54 Å². The standard InChI is InChI=1S/C17H19FN4O2S/c18-13-5-2-1-4-12(13)16(23)21-6-3-7-22(9-8-21)17(24)14-11-25-15(10-19)20-14/h1-2,4-5,11H,3,6-10,19H2. The van der Waals surface area contributed by atoms with Crippen LogP contribution in [0, 0.1) is 5.82 Å². The van der Waals surface area contributed by atoms with E-state index in [0.717, 1.165) is 5.01 Å². The van der Waals surface area contributed by atoms with E-state index in [4.69, 9.17) is 5.73 Å². The summed E-state index contributed by atoms with van der Waals surface area (Å²) in [7, 11) is 0. The summed E-state index contributed by atoms with van der Waals surface area (Å²) in [5.41, 5.74) is 5.99.